The fourth-order valence-corrected chi connectivity index (χ4v) is 2.25. The lowest BCUT2D eigenvalue weighted by molar-refractivity contribution is 0.104. The Kier molecular flexibility index (Phi) is 6.43. The number of allylic oxidation sites excluding steroid dienone is 1. The molecule has 0 amide bonds. The number of hydrogen-bond donors (Lipinski definition) is 1. The van der Waals surface area contributed by atoms with E-state index in [9.17, 15) is 4.79 Å². The Bertz CT molecular complexity index is 705. The van der Waals surface area contributed by atoms with Gasteiger partial charge in [0.25, 0.3) is 0 Å². The van der Waals surface area contributed by atoms with Crippen molar-refractivity contribution in [2.24, 2.45) is 0 Å². The van der Waals surface area contributed by atoms with Crippen LogP contribution < -0.4 is 14.8 Å². The maximum atomic E-state index is 12.3. The quantitative estimate of drug-likeness (QED) is 0.576. The number of ketones is 1. The molecule has 2 aromatic rings. The molecule has 2 rings (SSSR count). The number of benzene rings is 2. The lowest BCUT2D eigenvalue weighted by Gasteiger charge is -2.10. The van der Waals surface area contributed by atoms with Gasteiger partial charge in [0.05, 0.1) is 13.2 Å². The number of hydrogen-bond acceptors (Lipinski definition) is 4. The predicted octanol–water partition coefficient (Wildman–Crippen LogP) is 4.42. The van der Waals surface area contributed by atoms with Crippen LogP contribution in [0, 0.1) is 0 Å². The highest BCUT2D eigenvalue weighted by atomic mass is 16.5. The Hall–Kier alpha value is -2.75. The van der Waals surface area contributed by atoms with Gasteiger partial charge in [0, 0.05) is 29.9 Å². The minimum Gasteiger partial charge on any atom is -0.494 e. The van der Waals surface area contributed by atoms with Gasteiger partial charge in [0.15, 0.2) is 5.78 Å². The summed E-state index contributed by atoms with van der Waals surface area (Å²) in [5.41, 5.74) is 2.47. The summed E-state index contributed by atoms with van der Waals surface area (Å²) in [7, 11) is 1.85. The Balaban J connectivity index is 2.18. The van der Waals surface area contributed by atoms with Crippen LogP contribution in [0.15, 0.2) is 48.5 Å². The molecule has 0 saturated carbocycles. The predicted molar refractivity (Wildman–Crippen MR) is 98.1 cm³/mol. The van der Waals surface area contributed by atoms with E-state index in [1.165, 1.54) is 0 Å². The molecule has 0 bridgehead atoms. The summed E-state index contributed by atoms with van der Waals surface area (Å²) in [6.07, 6.45) is 3.33. The van der Waals surface area contributed by atoms with Crippen molar-refractivity contribution < 1.29 is 14.3 Å². The highest BCUT2D eigenvalue weighted by Crippen LogP contribution is 2.26. The monoisotopic (exact) mass is 325 g/mol. The number of carbonyl (C=O) groups excluding carboxylic acids is 1. The highest BCUT2D eigenvalue weighted by Gasteiger charge is 2.06. The van der Waals surface area contributed by atoms with E-state index < -0.39 is 0 Å². The van der Waals surface area contributed by atoms with Crippen LogP contribution >= 0.6 is 0 Å². The molecule has 4 heteroatoms. The molecule has 0 aliphatic carbocycles. The second kappa shape index (κ2) is 8.77. The molecule has 0 heterocycles. The van der Waals surface area contributed by atoms with Gasteiger partial charge in [0.2, 0.25) is 0 Å². The number of anilines is 1. The Morgan fingerprint density at radius 2 is 1.75 bits per heavy atom. The summed E-state index contributed by atoms with van der Waals surface area (Å²) >= 11 is 0. The first-order valence-electron chi connectivity index (χ1n) is 8.07. The zero-order valence-electron chi connectivity index (χ0n) is 14.3. The normalized spacial score (nSPS) is 10.6. The molecule has 4 nitrogen and oxygen atoms in total. The second-order valence-corrected chi connectivity index (χ2v) is 5.09. The van der Waals surface area contributed by atoms with Crippen molar-refractivity contribution in [2.75, 3.05) is 25.6 Å². The van der Waals surface area contributed by atoms with Crippen molar-refractivity contribution in [3.63, 3.8) is 0 Å². The molecular formula is C20H23NO3. The maximum Gasteiger partial charge on any atom is 0.185 e. The van der Waals surface area contributed by atoms with Crippen LogP contribution in [0.5, 0.6) is 11.5 Å². The molecule has 0 aliphatic heterocycles. The van der Waals surface area contributed by atoms with Gasteiger partial charge in [-0.05, 0) is 62.4 Å². The summed E-state index contributed by atoms with van der Waals surface area (Å²) in [6.45, 7) is 5.01. The van der Waals surface area contributed by atoms with E-state index in [-0.39, 0.29) is 5.78 Å². The lowest BCUT2D eigenvalue weighted by Crippen LogP contribution is -1.98. The molecule has 1 N–H and O–H groups in total. The first-order chi connectivity index (χ1) is 11.7. The number of carbonyl (C=O) groups is 1. The van der Waals surface area contributed by atoms with Crippen molar-refractivity contribution in [2.45, 2.75) is 13.8 Å². The Labute approximate surface area is 143 Å². The molecule has 24 heavy (non-hydrogen) atoms. The minimum atomic E-state index is -0.0472. The Morgan fingerprint density at radius 1 is 1.04 bits per heavy atom. The summed E-state index contributed by atoms with van der Waals surface area (Å²) in [5.74, 6) is 1.42. The zero-order chi connectivity index (χ0) is 17.4. The van der Waals surface area contributed by atoms with Crippen molar-refractivity contribution in [1.29, 1.82) is 0 Å². The smallest absolute Gasteiger partial charge is 0.185 e. The largest absolute Gasteiger partial charge is 0.494 e. The standard InChI is InChI=1S/C20H23NO3/c1-4-23-18-12-8-16(20(14-18)24-5-2)9-13-19(22)15-6-10-17(21-3)11-7-15/h6-14,21H,4-5H2,1-3H3. The molecule has 2 aromatic carbocycles. The van der Waals surface area contributed by atoms with Gasteiger partial charge in [-0.1, -0.05) is 0 Å². The molecule has 0 saturated heterocycles. The van der Waals surface area contributed by atoms with Crippen molar-refractivity contribution in [3.05, 3.63) is 59.7 Å². The lowest BCUT2D eigenvalue weighted by atomic mass is 10.1. The van der Waals surface area contributed by atoms with Crippen LogP contribution in [0.3, 0.4) is 0 Å². The van der Waals surface area contributed by atoms with Gasteiger partial charge in [-0.2, -0.15) is 0 Å². The molecule has 0 unspecified atom stereocenters. The van der Waals surface area contributed by atoms with E-state index in [0.29, 0.717) is 24.5 Å². The third-order valence-corrected chi connectivity index (χ3v) is 3.47. The van der Waals surface area contributed by atoms with Gasteiger partial charge in [-0.3, -0.25) is 4.79 Å². The fourth-order valence-electron chi connectivity index (χ4n) is 2.25. The molecule has 0 spiro atoms. The van der Waals surface area contributed by atoms with Crippen molar-refractivity contribution in [3.8, 4) is 11.5 Å². The topological polar surface area (TPSA) is 47.6 Å². The average Bonchev–Trinajstić information content (AvgIpc) is 2.61. The van der Waals surface area contributed by atoms with E-state index in [4.69, 9.17) is 9.47 Å². The van der Waals surface area contributed by atoms with Gasteiger partial charge in [-0.25, -0.2) is 0 Å². The van der Waals surface area contributed by atoms with Crippen LogP contribution in [0.1, 0.15) is 29.8 Å². The molecule has 0 atom stereocenters. The maximum absolute atomic E-state index is 12.3. The van der Waals surface area contributed by atoms with Crippen molar-refractivity contribution in [1.82, 2.24) is 0 Å². The number of rotatable bonds is 8. The van der Waals surface area contributed by atoms with E-state index in [1.54, 1.807) is 24.3 Å². The second-order valence-electron chi connectivity index (χ2n) is 5.09. The van der Waals surface area contributed by atoms with Crippen LogP contribution in [0.4, 0.5) is 5.69 Å². The van der Waals surface area contributed by atoms with E-state index >= 15 is 0 Å². The Morgan fingerprint density at radius 3 is 2.38 bits per heavy atom. The van der Waals surface area contributed by atoms with E-state index in [0.717, 1.165) is 17.0 Å². The average molecular weight is 325 g/mol. The fraction of sp³-hybridized carbons (Fsp3) is 0.250. The minimum absolute atomic E-state index is 0.0472. The molecule has 0 radical (unpaired) electrons. The van der Waals surface area contributed by atoms with Crippen LogP contribution in [0.25, 0.3) is 6.08 Å². The summed E-state index contributed by atoms with van der Waals surface area (Å²) in [4.78, 5) is 12.3. The summed E-state index contributed by atoms with van der Waals surface area (Å²) in [5, 5.41) is 3.03. The molecule has 0 fully saturated rings. The molecule has 0 aromatic heterocycles. The number of ether oxygens (including phenoxy) is 2. The zero-order valence-corrected chi connectivity index (χ0v) is 14.3. The van der Waals surface area contributed by atoms with Gasteiger partial charge >= 0.3 is 0 Å². The third kappa shape index (κ3) is 4.62. The third-order valence-electron chi connectivity index (χ3n) is 3.47. The first kappa shape index (κ1) is 17.6. The SMILES string of the molecule is CCOc1ccc(C=CC(=O)c2ccc(NC)cc2)c(OCC)c1. The first-order valence-corrected chi connectivity index (χ1v) is 8.07. The molecular weight excluding hydrogens is 302 g/mol. The van der Waals surface area contributed by atoms with Crippen molar-refractivity contribution >= 4 is 17.5 Å². The molecule has 0 aliphatic rings. The summed E-state index contributed by atoms with van der Waals surface area (Å²) in [6, 6.07) is 13.0. The van der Waals surface area contributed by atoms with Gasteiger partial charge in [0.1, 0.15) is 11.5 Å². The summed E-state index contributed by atoms with van der Waals surface area (Å²) < 4.78 is 11.1. The van der Waals surface area contributed by atoms with Gasteiger partial charge < -0.3 is 14.8 Å². The van der Waals surface area contributed by atoms with E-state index in [2.05, 4.69) is 5.32 Å². The number of nitrogens with one attached hydrogen (secondary N) is 1. The van der Waals surface area contributed by atoms with E-state index in [1.807, 2.05) is 51.2 Å². The van der Waals surface area contributed by atoms with Gasteiger partial charge in [-0.15, -0.1) is 0 Å². The van der Waals surface area contributed by atoms with Crippen LogP contribution in [-0.4, -0.2) is 26.0 Å². The highest BCUT2D eigenvalue weighted by molar-refractivity contribution is 6.07. The van der Waals surface area contributed by atoms with Crippen LogP contribution in [-0.2, 0) is 0 Å². The molecule has 126 valence electrons. The van der Waals surface area contributed by atoms with Crippen LogP contribution in [0.2, 0.25) is 0 Å².